The molecule has 104 valence electrons. The fourth-order valence-electron chi connectivity index (χ4n) is 3.58. The highest BCUT2D eigenvalue weighted by Gasteiger charge is 2.42. The van der Waals surface area contributed by atoms with E-state index in [9.17, 15) is 10.2 Å². The lowest BCUT2D eigenvalue weighted by Crippen LogP contribution is -2.25. The normalized spacial score (nSPS) is 31.6. The highest BCUT2D eigenvalue weighted by atomic mass is 79.9. The number of fused-ring (bicyclic) bond motifs is 1. The minimum Gasteiger partial charge on any atom is -0.393 e. The van der Waals surface area contributed by atoms with Gasteiger partial charge in [-0.15, -0.1) is 0 Å². The van der Waals surface area contributed by atoms with Crippen LogP contribution in [-0.2, 0) is 0 Å². The molecule has 2 fully saturated rings. The van der Waals surface area contributed by atoms with Crippen LogP contribution in [0.5, 0.6) is 0 Å². The van der Waals surface area contributed by atoms with Crippen LogP contribution in [0.4, 0.5) is 5.69 Å². The van der Waals surface area contributed by atoms with E-state index in [1.54, 1.807) is 6.92 Å². The van der Waals surface area contributed by atoms with E-state index in [1.165, 1.54) is 0 Å². The molecule has 1 saturated carbocycles. The molecule has 1 saturated heterocycles. The molecule has 0 amide bonds. The minimum absolute atomic E-state index is 0.138. The first-order valence-corrected chi connectivity index (χ1v) is 7.76. The van der Waals surface area contributed by atoms with Gasteiger partial charge in [0.1, 0.15) is 0 Å². The summed E-state index contributed by atoms with van der Waals surface area (Å²) in [5, 5.41) is 20.0. The Hall–Kier alpha value is -0.580. The van der Waals surface area contributed by atoms with Gasteiger partial charge < -0.3 is 15.1 Å². The van der Waals surface area contributed by atoms with Crippen molar-refractivity contribution in [3.8, 4) is 0 Å². The summed E-state index contributed by atoms with van der Waals surface area (Å²) in [7, 11) is 0. The van der Waals surface area contributed by atoms with Gasteiger partial charge in [0, 0.05) is 34.7 Å². The standard InChI is InChI=1S/C15H20BrNO2/c1-9(18)12-6-11(16)3-4-14(12)17-7-10-2-5-15(19)13(10)8-17/h3-4,6,9-10,13,15,18-19H,2,5,7-8H2,1H3. The predicted octanol–water partition coefficient (Wildman–Crippen LogP) is 2.71. The lowest BCUT2D eigenvalue weighted by molar-refractivity contribution is 0.133. The van der Waals surface area contributed by atoms with E-state index < -0.39 is 6.10 Å². The van der Waals surface area contributed by atoms with Crippen molar-refractivity contribution in [1.29, 1.82) is 0 Å². The van der Waals surface area contributed by atoms with E-state index in [0.29, 0.717) is 11.8 Å². The monoisotopic (exact) mass is 325 g/mol. The first-order valence-electron chi connectivity index (χ1n) is 6.97. The fourth-order valence-corrected chi connectivity index (χ4v) is 3.96. The number of nitrogens with zero attached hydrogens (tertiary/aromatic N) is 1. The molecule has 0 bridgehead atoms. The van der Waals surface area contributed by atoms with Gasteiger partial charge in [0.2, 0.25) is 0 Å². The summed E-state index contributed by atoms with van der Waals surface area (Å²) in [6.07, 6.45) is 1.47. The summed E-state index contributed by atoms with van der Waals surface area (Å²) in [4.78, 5) is 2.33. The molecular formula is C15H20BrNO2. The Morgan fingerprint density at radius 1 is 1.32 bits per heavy atom. The molecule has 1 heterocycles. The van der Waals surface area contributed by atoms with E-state index in [-0.39, 0.29) is 6.10 Å². The van der Waals surface area contributed by atoms with Crippen LogP contribution in [0.15, 0.2) is 22.7 Å². The molecule has 2 N–H and O–H groups in total. The first kappa shape index (κ1) is 13.4. The summed E-state index contributed by atoms with van der Waals surface area (Å²) in [6.45, 7) is 3.72. The number of benzene rings is 1. The maximum atomic E-state index is 10.0. The molecule has 0 radical (unpaired) electrons. The van der Waals surface area contributed by atoms with Crippen LogP contribution in [-0.4, -0.2) is 29.4 Å². The molecule has 4 atom stereocenters. The molecule has 0 spiro atoms. The Morgan fingerprint density at radius 2 is 2.11 bits per heavy atom. The average molecular weight is 326 g/mol. The number of hydrogen-bond donors (Lipinski definition) is 2. The third-order valence-corrected chi connectivity index (χ3v) is 5.09. The molecule has 4 unspecified atom stereocenters. The van der Waals surface area contributed by atoms with Crippen LogP contribution < -0.4 is 4.90 Å². The van der Waals surface area contributed by atoms with E-state index in [1.807, 2.05) is 12.1 Å². The van der Waals surface area contributed by atoms with Crippen LogP contribution in [0, 0.1) is 11.8 Å². The highest BCUT2D eigenvalue weighted by Crippen LogP contribution is 2.41. The van der Waals surface area contributed by atoms with Gasteiger partial charge in [-0.3, -0.25) is 0 Å². The van der Waals surface area contributed by atoms with E-state index >= 15 is 0 Å². The van der Waals surface area contributed by atoms with Gasteiger partial charge in [-0.25, -0.2) is 0 Å². The van der Waals surface area contributed by atoms with E-state index in [2.05, 4.69) is 26.9 Å². The van der Waals surface area contributed by atoms with Gasteiger partial charge in [-0.1, -0.05) is 15.9 Å². The minimum atomic E-state index is -0.474. The van der Waals surface area contributed by atoms with Crippen LogP contribution in [0.3, 0.4) is 0 Å². The van der Waals surface area contributed by atoms with Crippen molar-refractivity contribution < 1.29 is 10.2 Å². The molecule has 1 aromatic rings. The topological polar surface area (TPSA) is 43.7 Å². The summed E-state index contributed by atoms with van der Waals surface area (Å²) in [6, 6.07) is 6.08. The molecule has 1 aromatic carbocycles. The molecule has 3 rings (SSSR count). The van der Waals surface area contributed by atoms with Gasteiger partial charge in [0.05, 0.1) is 12.2 Å². The molecule has 0 aromatic heterocycles. The zero-order valence-electron chi connectivity index (χ0n) is 11.1. The summed E-state index contributed by atoms with van der Waals surface area (Å²) < 4.78 is 0.992. The molecular weight excluding hydrogens is 306 g/mol. The molecule has 19 heavy (non-hydrogen) atoms. The second-order valence-corrected chi connectivity index (χ2v) is 6.77. The Labute approximate surface area is 122 Å². The lowest BCUT2D eigenvalue weighted by Gasteiger charge is -2.25. The van der Waals surface area contributed by atoms with Gasteiger partial charge in [0.25, 0.3) is 0 Å². The van der Waals surface area contributed by atoms with Crippen molar-refractivity contribution in [1.82, 2.24) is 0 Å². The maximum Gasteiger partial charge on any atom is 0.0782 e. The molecule has 1 aliphatic heterocycles. The smallest absolute Gasteiger partial charge is 0.0782 e. The number of aliphatic hydroxyl groups excluding tert-OH is 2. The zero-order chi connectivity index (χ0) is 13.6. The Kier molecular flexibility index (Phi) is 3.58. The largest absolute Gasteiger partial charge is 0.393 e. The quantitative estimate of drug-likeness (QED) is 0.878. The first-order chi connectivity index (χ1) is 9.06. The Morgan fingerprint density at radius 3 is 2.79 bits per heavy atom. The molecule has 4 heteroatoms. The van der Waals surface area contributed by atoms with Crippen molar-refractivity contribution in [2.24, 2.45) is 11.8 Å². The molecule has 1 aliphatic carbocycles. The third-order valence-electron chi connectivity index (χ3n) is 4.60. The summed E-state index contributed by atoms with van der Waals surface area (Å²) in [5.74, 6) is 1.02. The van der Waals surface area contributed by atoms with Gasteiger partial charge in [-0.2, -0.15) is 0 Å². The van der Waals surface area contributed by atoms with E-state index in [4.69, 9.17) is 0 Å². The number of rotatable bonds is 2. The van der Waals surface area contributed by atoms with Crippen molar-refractivity contribution in [3.63, 3.8) is 0 Å². The highest BCUT2D eigenvalue weighted by molar-refractivity contribution is 9.10. The summed E-state index contributed by atoms with van der Waals surface area (Å²) >= 11 is 3.46. The number of hydrogen-bond acceptors (Lipinski definition) is 3. The number of anilines is 1. The van der Waals surface area contributed by atoms with E-state index in [0.717, 1.165) is 41.7 Å². The predicted molar refractivity (Wildman–Crippen MR) is 79.2 cm³/mol. The number of aliphatic hydroxyl groups is 2. The second kappa shape index (κ2) is 5.08. The lowest BCUT2D eigenvalue weighted by atomic mass is 10.00. The Bertz CT molecular complexity index is 477. The van der Waals surface area contributed by atoms with Crippen LogP contribution in [0.25, 0.3) is 0 Å². The Balaban J connectivity index is 1.88. The molecule has 3 nitrogen and oxygen atoms in total. The maximum absolute atomic E-state index is 10.0. The van der Waals surface area contributed by atoms with Crippen molar-refractivity contribution >= 4 is 21.6 Å². The van der Waals surface area contributed by atoms with Crippen LogP contribution in [0.1, 0.15) is 31.4 Å². The van der Waals surface area contributed by atoms with Crippen molar-refractivity contribution in [2.45, 2.75) is 32.0 Å². The van der Waals surface area contributed by atoms with Gasteiger partial charge >= 0.3 is 0 Å². The van der Waals surface area contributed by atoms with Crippen molar-refractivity contribution in [2.75, 3.05) is 18.0 Å². The van der Waals surface area contributed by atoms with Crippen LogP contribution in [0.2, 0.25) is 0 Å². The third kappa shape index (κ3) is 2.41. The summed E-state index contributed by atoms with van der Waals surface area (Å²) in [5.41, 5.74) is 2.07. The van der Waals surface area contributed by atoms with Crippen molar-refractivity contribution in [3.05, 3.63) is 28.2 Å². The number of halogens is 1. The van der Waals surface area contributed by atoms with Crippen LogP contribution >= 0.6 is 15.9 Å². The second-order valence-electron chi connectivity index (χ2n) is 5.85. The zero-order valence-corrected chi connectivity index (χ0v) is 12.7. The fraction of sp³-hybridized carbons (Fsp3) is 0.600. The molecule has 2 aliphatic rings. The van der Waals surface area contributed by atoms with Gasteiger partial charge in [-0.05, 0) is 43.9 Å². The van der Waals surface area contributed by atoms with Gasteiger partial charge in [0.15, 0.2) is 0 Å². The SMILES string of the molecule is CC(O)c1cc(Br)ccc1N1CC2CCC(O)C2C1. The average Bonchev–Trinajstić information content (AvgIpc) is 2.92.